The van der Waals surface area contributed by atoms with Crippen LogP contribution in [-0.4, -0.2) is 49.1 Å². The van der Waals surface area contributed by atoms with Crippen molar-refractivity contribution in [2.24, 2.45) is 5.41 Å². The summed E-state index contributed by atoms with van der Waals surface area (Å²) in [5, 5.41) is 0. The summed E-state index contributed by atoms with van der Waals surface area (Å²) in [6.07, 6.45) is 4.29. The Morgan fingerprint density at radius 2 is 1.57 bits per heavy atom. The van der Waals surface area contributed by atoms with Gasteiger partial charge in [-0.05, 0) is 65.2 Å². The van der Waals surface area contributed by atoms with Crippen LogP contribution >= 0.6 is 0 Å². The number of nitrogens with zero attached hydrogens (tertiary/aromatic N) is 2. The third-order valence-corrected chi connectivity index (χ3v) is 4.25. The molecule has 0 atom stereocenters. The van der Waals surface area contributed by atoms with E-state index in [1.807, 2.05) is 0 Å². The summed E-state index contributed by atoms with van der Waals surface area (Å²) in [7, 11) is 2.25. The number of hydrogen-bond acceptors (Lipinski definition) is 2. The molecule has 2 heterocycles. The average molecular weight is 196 g/mol. The Labute approximate surface area is 88.3 Å². The highest BCUT2D eigenvalue weighted by atomic mass is 15.2. The standard InChI is InChI=1S/C12H24N2/c1-11(2)14-9-6-12(10-14)4-7-13(3)8-5-12/h11H,4-10H2,1-3H3. The van der Waals surface area contributed by atoms with Gasteiger partial charge >= 0.3 is 0 Å². The van der Waals surface area contributed by atoms with E-state index in [1.165, 1.54) is 45.4 Å². The smallest absolute Gasteiger partial charge is 0.00421 e. The van der Waals surface area contributed by atoms with Crippen molar-refractivity contribution < 1.29 is 0 Å². The van der Waals surface area contributed by atoms with Gasteiger partial charge in [0.25, 0.3) is 0 Å². The van der Waals surface area contributed by atoms with Crippen LogP contribution in [0.1, 0.15) is 33.1 Å². The molecule has 2 nitrogen and oxygen atoms in total. The molecule has 0 amide bonds. The fraction of sp³-hybridized carbons (Fsp3) is 1.00. The van der Waals surface area contributed by atoms with E-state index in [2.05, 4.69) is 30.7 Å². The molecule has 0 aromatic rings. The van der Waals surface area contributed by atoms with Gasteiger partial charge in [0, 0.05) is 12.6 Å². The van der Waals surface area contributed by atoms with E-state index in [-0.39, 0.29) is 0 Å². The molecule has 0 aromatic carbocycles. The summed E-state index contributed by atoms with van der Waals surface area (Å²) in [5.41, 5.74) is 0.691. The molecule has 2 aliphatic rings. The van der Waals surface area contributed by atoms with Crippen LogP contribution in [0.5, 0.6) is 0 Å². The van der Waals surface area contributed by atoms with E-state index in [0.29, 0.717) is 5.41 Å². The SMILES string of the molecule is CC(C)N1CCC2(CCN(C)CC2)C1. The highest BCUT2D eigenvalue weighted by molar-refractivity contribution is 4.94. The van der Waals surface area contributed by atoms with Gasteiger partial charge in [-0.15, -0.1) is 0 Å². The van der Waals surface area contributed by atoms with Crippen LogP contribution in [0, 0.1) is 5.41 Å². The number of hydrogen-bond donors (Lipinski definition) is 0. The summed E-state index contributed by atoms with van der Waals surface area (Å²) in [4.78, 5) is 5.13. The van der Waals surface area contributed by atoms with Gasteiger partial charge in [-0.2, -0.15) is 0 Å². The highest BCUT2D eigenvalue weighted by Gasteiger charge is 2.40. The minimum absolute atomic E-state index is 0.691. The van der Waals surface area contributed by atoms with Crippen LogP contribution in [-0.2, 0) is 0 Å². The molecule has 82 valence electrons. The Morgan fingerprint density at radius 3 is 2.07 bits per heavy atom. The lowest BCUT2D eigenvalue weighted by Gasteiger charge is -2.38. The Bertz CT molecular complexity index is 192. The monoisotopic (exact) mass is 196 g/mol. The molecular weight excluding hydrogens is 172 g/mol. The Kier molecular flexibility index (Phi) is 2.85. The molecule has 2 saturated heterocycles. The molecule has 2 heteroatoms. The van der Waals surface area contributed by atoms with Crippen LogP contribution in [0.2, 0.25) is 0 Å². The molecule has 14 heavy (non-hydrogen) atoms. The lowest BCUT2D eigenvalue weighted by molar-refractivity contribution is 0.120. The van der Waals surface area contributed by atoms with Gasteiger partial charge in [-0.1, -0.05) is 0 Å². The van der Waals surface area contributed by atoms with Gasteiger partial charge < -0.3 is 9.80 Å². The highest BCUT2D eigenvalue weighted by Crippen LogP contribution is 2.40. The van der Waals surface area contributed by atoms with Crippen molar-refractivity contribution in [2.45, 2.75) is 39.2 Å². The summed E-state index contributed by atoms with van der Waals surface area (Å²) < 4.78 is 0. The molecule has 2 aliphatic heterocycles. The fourth-order valence-electron chi connectivity index (χ4n) is 2.91. The van der Waals surface area contributed by atoms with Gasteiger partial charge in [0.2, 0.25) is 0 Å². The molecule has 0 aromatic heterocycles. The zero-order valence-electron chi connectivity index (χ0n) is 9.92. The van der Waals surface area contributed by atoms with E-state index < -0.39 is 0 Å². The van der Waals surface area contributed by atoms with Crippen LogP contribution in [0.4, 0.5) is 0 Å². The van der Waals surface area contributed by atoms with Crippen LogP contribution in [0.25, 0.3) is 0 Å². The first-order valence-corrected chi connectivity index (χ1v) is 6.04. The minimum atomic E-state index is 0.691. The van der Waals surface area contributed by atoms with Crippen molar-refractivity contribution in [2.75, 3.05) is 33.2 Å². The van der Waals surface area contributed by atoms with E-state index in [0.717, 1.165) is 6.04 Å². The fourth-order valence-corrected chi connectivity index (χ4v) is 2.91. The van der Waals surface area contributed by atoms with Crippen molar-refractivity contribution in [3.63, 3.8) is 0 Å². The molecule has 2 rings (SSSR count). The zero-order valence-corrected chi connectivity index (χ0v) is 9.92. The Balaban J connectivity index is 1.93. The van der Waals surface area contributed by atoms with Crippen molar-refractivity contribution in [1.29, 1.82) is 0 Å². The van der Waals surface area contributed by atoms with Crippen molar-refractivity contribution in [3.05, 3.63) is 0 Å². The van der Waals surface area contributed by atoms with Crippen LogP contribution in [0.3, 0.4) is 0 Å². The summed E-state index contributed by atoms with van der Waals surface area (Å²) >= 11 is 0. The maximum atomic E-state index is 2.66. The predicted molar refractivity (Wildman–Crippen MR) is 60.5 cm³/mol. The molecule has 0 aliphatic carbocycles. The molecule has 0 unspecified atom stereocenters. The maximum absolute atomic E-state index is 2.66. The van der Waals surface area contributed by atoms with Gasteiger partial charge in [0.15, 0.2) is 0 Å². The zero-order chi connectivity index (χ0) is 10.2. The molecular formula is C12H24N2. The lowest BCUT2D eigenvalue weighted by Crippen LogP contribution is -2.40. The second kappa shape index (κ2) is 3.82. The molecule has 0 radical (unpaired) electrons. The molecule has 2 fully saturated rings. The van der Waals surface area contributed by atoms with Gasteiger partial charge in [0.05, 0.1) is 0 Å². The molecule has 0 bridgehead atoms. The number of likely N-dealkylation sites (tertiary alicyclic amines) is 2. The topological polar surface area (TPSA) is 6.48 Å². The van der Waals surface area contributed by atoms with Crippen LogP contribution < -0.4 is 0 Å². The average Bonchev–Trinajstić information content (AvgIpc) is 2.56. The first-order chi connectivity index (χ1) is 6.61. The van der Waals surface area contributed by atoms with Gasteiger partial charge in [-0.25, -0.2) is 0 Å². The van der Waals surface area contributed by atoms with E-state index in [1.54, 1.807) is 0 Å². The third-order valence-electron chi connectivity index (χ3n) is 4.25. The minimum Gasteiger partial charge on any atom is -0.306 e. The van der Waals surface area contributed by atoms with Crippen molar-refractivity contribution >= 4 is 0 Å². The van der Waals surface area contributed by atoms with Crippen LogP contribution in [0.15, 0.2) is 0 Å². The molecule has 0 N–H and O–H groups in total. The predicted octanol–water partition coefficient (Wildman–Crippen LogP) is 1.81. The number of piperidine rings is 1. The normalized spacial score (nSPS) is 29.1. The van der Waals surface area contributed by atoms with Crippen molar-refractivity contribution in [1.82, 2.24) is 9.80 Å². The second-order valence-electron chi connectivity index (χ2n) is 5.62. The first kappa shape index (κ1) is 10.4. The summed E-state index contributed by atoms with van der Waals surface area (Å²) in [6, 6.07) is 0.744. The third kappa shape index (κ3) is 1.96. The summed E-state index contributed by atoms with van der Waals surface area (Å²) in [6.45, 7) is 9.97. The Morgan fingerprint density at radius 1 is 1.00 bits per heavy atom. The largest absolute Gasteiger partial charge is 0.306 e. The maximum Gasteiger partial charge on any atom is 0.00421 e. The second-order valence-corrected chi connectivity index (χ2v) is 5.62. The first-order valence-electron chi connectivity index (χ1n) is 6.04. The lowest BCUT2D eigenvalue weighted by atomic mass is 9.78. The summed E-state index contributed by atoms with van der Waals surface area (Å²) in [5.74, 6) is 0. The van der Waals surface area contributed by atoms with Gasteiger partial charge in [0.1, 0.15) is 0 Å². The van der Waals surface area contributed by atoms with Crippen molar-refractivity contribution in [3.8, 4) is 0 Å². The Hall–Kier alpha value is -0.0800. The molecule has 1 spiro atoms. The van der Waals surface area contributed by atoms with E-state index >= 15 is 0 Å². The number of rotatable bonds is 1. The van der Waals surface area contributed by atoms with E-state index in [9.17, 15) is 0 Å². The van der Waals surface area contributed by atoms with E-state index in [4.69, 9.17) is 0 Å². The quantitative estimate of drug-likeness (QED) is 0.631. The van der Waals surface area contributed by atoms with Gasteiger partial charge in [-0.3, -0.25) is 0 Å². The molecule has 0 saturated carbocycles.